The van der Waals surface area contributed by atoms with Crippen molar-refractivity contribution < 1.29 is 17.1 Å². The maximum atomic E-state index is 13.8. The van der Waals surface area contributed by atoms with E-state index in [0.717, 1.165) is 25.7 Å². The fourth-order valence-electron chi connectivity index (χ4n) is 4.21. The Morgan fingerprint density at radius 2 is 0.812 bits per heavy atom. The van der Waals surface area contributed by atoms with Gasteiger partial charge in [-0.15, -0.1) is 0 Å². The Labute approximate surface area is 229 Å². The van der Waals surface area contributed by atoms with Gasteiger partial charge in [0.05, 0.1) is 0 Å². The quantitative estimate of drug-likeness (QED) is 0.125. The lowest BCUT2D eigenvalue weighted by atomic mass is 10.6. The molecule has 0 saturated heterocycles. The molecule has 1 radical (unpaired) electrons. The fraction of sp³-hybridized carbons (Fsp3) is 1.00. The van der Waals surface area contributed by atoms with E-state index in [1.807, 2.05) is 13.1 Å². The molecule has 0 aliphatic rings. The lowest BCUT2D eigenvalue weighted by Gasteiger charge is -2.51. The van der Waals surface area contributed by atoms with Crippen LogP contribution in [-0.4, -0.2) is 55.4 Å². The highest BCUT2D eigenvalue weighted by molar-refractivity contribution is 9.10. The van der Waals surface area contributed by atoms with Gasteiger partial charge in [-0.3, -0.25) is 4.80 Å². The van der Waals surface area contributed by atoms with Crippen LogP contribution in [0.1, 0.15) is 53.4 Å². The van der Waals surface area contributed by atoms with E-state index in [-0.39, 0.29) is 18.5 Å². The molecule has 12 heteroatoms. The monoisotopic (exact) mass is 729 g/mol. The van der Waals surface area contributed by atoms with Gasteiger partial charge in [0.2, 0.25) is 8.32 Å². The first-order valence-corrected chi connectivity index (χ1v) is 28.5. The van der Waals surface area contributed by atoms with Crippen LogP contribution in [0.15, 0.2) is 0 Å². The minimum absolute atomic E-state index is 0.176. The first kappa shape index (κ1) is 34.4. The lowest BCUT2D eigenvalue weighted by molar-refractivity contribution is 0.232. The maximum absolute atomic E-state index is 13.8. The molecule has 0 aromatic rings. The zero-order chi connectivity index (χ0) is 25.8. The minimum Gasteiger partial charge on any atom is -0.415 e. The van der Waals surface area contributed by atoms with Gasteiger partial charge in [-0.25, -0.2) is 0 Å². The van der Waals surface area contributed by atoms with Crippen LogP contribution >= 0.6 is 47.8 Å². The Kier molecular flexibility index (Phi) is 14.2. The smallest absolute Gasteiger partial charge is 0.415 e. The lowest BCUT2D eigenvalue weighted by Crippen LogP contribution is -2.70. The molecule has 0 aromatic heterocycles. The van der Waals surface area contributed by atoms with Crippen LogP contribution in [0.5, 0.6) is 0 Å². The molecule has 0 heterocycles. The number of halogens is 3. The molecule has 0 fully saturated rings. The topological polar surface area (TPSA) is 47.6 Å². The van der Waals surface area contributed by atoms with Gasteiger partial charge in [-0.2, -0.15) is 0 Å². The first-order valence-electron chi connectivity index (χ1n) is 12.0. The molecule has 0 N–H and O–H groups in total. The van der Waals surface area contributed by atoms with Crippen molar-refractivity contribution >= 4 is 89.9 Å². The van der Waals surface area contributed by atoms with Crippen molar-refractivity contribution in [3.05, 3.63) is 0 Å². The zero-order valence-corrected chi connectivity index (χ0v) is 32.2. The summed E-state index contributed by atoms with van der Waals surface area (Å²) < 4.78 is 22.6. The third kappa shape index (κ3) is 9.35. The summed E-state index contributed by atoms with van der Waals surface area (Å²) in [6.07, 6.45) is 3.68. The number of hydrogen-bond donors (Lipinski definition) is 0. The van der Waals surface area contributed by atoms with Crippen molar-refractivity contribution in [3.63, 3.8) is 0 Å². The summed E-state index contributed by atoms with van der Waals surface area (Å²) in [5.74, 6) is 0. The summed E-state index contributed by atoms with van der Waals surface area (Å²) in [5, 5.41) is -0.176. The highest BCUT2D eigenvalue weighted by Gasteiger charge is 2.63. The van der Waals surface area contributed by atoms with Crippen LogP contribution < -0.4 is 0 Å². The van der Waals surface area contributed by atoms with Crippen LogP contribution in [0, 0.1) is 0 Å². The maximum Gasteiger partial charge on any atom is 0.472 e. The first-order chi connectivity index (χ1) is 14.3. The number of rotatable bonds is 15. The molecule has 4 unspecified atom stereocenters. The molecule has 4 atom stereocenters. The second-order valence-electron chi connectivity index (χ2n) is 10.9. The Morgan fingerprint density at radius 3 is 0.969 bits per heavy atom. The summed E-state index contributed by atoms with van der Waals surface area (Å²) in [4.78, 5) is 13.8. The fourth-order valence-corrected chi connectivity index (χ4v) is 29.8. The average molecular weight is 733 g/mol. The summed E-state index contributed by atoms with van der Waals surface area (Å²) in [6.45, 7) is 26.0. The van der Waals surface area contributed by atoms with E-state index in [0.29, 0.717) is 0 Å². The molecular weight excluding hydrogens is 684 g/mol. The highest BCUT2D eigenvalue weighted by atomic mass is 79.9. The molecule has 0 bridgehead atoms. The van der Waals surface area contributed by atoms with E-state index in [2.05, 4.69) is 115 Å². The average Bonchev–Trinajstić information content (AvgIpc) is 2.63. The van der Waals surface area contributed by atoms with E-state index in [4.69, 9.17) is 12.3 Å². The standard InChI is InChI=1S/C20H48Br3O4Si5/c1-13-17(21)29(7,8)25-32(20(16-4)28(5,6)24,26-30(9,10)18(22)14-2)27-31(11,12)19(23)15-3/h17-20H,13-16H2,1-12H3. The molecule has 0 amide bonds. The second kappa shape index (κ2) is 13.2. The zero-order valence-electron chi connectivity index (χ0n) is 22.4. The SMILES string of the molecule is CCC(Br)[Si](C)(C)O[Si](O[Si](C)(C)C(Br)CC)(O[Si](C)(C)C(Br)CC)C(CC)[Si](C)(C)[O]. The number of hydrogen-bond acceptors (Lipinski definition) is 3. The van der Waals surface area contributed by atoms with E-state index in [9.17, 15) is 4.80 Å². The Balaban J connectivity index is 7.00. The van der Waals surface area contributed by atoms with Gasteiger partial charge >= 0.3 is 8.80 Å². The Hall–Kier alpha value is 2.36. The van der Waals surface area contributed by atoms with Crippen LogP contribution in [-0.2, 0) is 17.1 Å². The van der Waals surface area contributed by atoms with E-state index < -0.39 is 42.1 Å². The van der Waals surface area contributed by atoms with Crippen LogP contribution in [0.4, 0.5) is 0 Å². The predicted octanol–water partition coefficient (Wildman–Crippen LogP) is 8.68. The molecule has 193 valence electrons. The van der Waals surface area contributed by atoms with Crippen molar-refractivity contribution in [2.24, 2.45) is 0 Å². The van der Waals surface area contributed by atoms with E-state index >= 15 is 0 Å². The molecule has 4 nitrogen and oxygen atoms in total. The van der Waals surface area contributed by atoms with Gasteiger partial charge in [0.1, 0.15) is 0 Å². The minimum atomic E-state index is -3.36. The highest BCUT2D eigenvalue weighted by Crippen LogP contribution is 2.44. The molecule has 0 rings (SSSR count). The van der Waals surface area contributed by atoms with Gasteiger partial charge in [-0.05, 0) is 78.1 Å². The molecule has 0 saturated carbocycles. The normalized spacial score (nSPS) is 19.9. The molecule has 0 spiro atoms. The third-order valence-electron chi connectivity index (χ3n) is 6.23. The summed E-state index contributed by atoms with van der Waals surface area (Å²) in [7, 11) is -13.0. The van der Waals surface area contributed by atoms with E-state index in [1.54, 1.807) is 0 Å². The second-order valence-corrected chi connectivity index (χ2v) is 37.3. The van der Waals surface area contributed by atoms with Gasteiger partial charge in [0.25, 0.3) is 0 Å². The molecule has 0 aromatic carbocycles. The molecule has 0 aliphatic heterocycles. The van der Waals surface area contributed by atoms with E-state index in [1.165, 1.54) is 0 Å². The van der Waals surface area contributed by atoms with Crippen molar-refractivity contribution in [1.29, 1.82) is 0 Å². The largest absolute Gasteiger partial charge is 0.472 e. The van der Waals surface area contributed by atoms with Gasteiger partial charge < -0.3 is 12.3 Å². The van der Waals surface area contributed by atoms with Crippen molar-refractivity contribution in [2.45, 2.75) is 124 Å². The molecular formula is C20H48Br3O4Si5. The van der Waals surface area contributed by atoms with Crippen LogP contribution in [0.25, 0.3) is 0 Å². The summed E-state index contributed by atoms with van der Waals surface area (Å²) in [5.41, 5.74) is 0. The van der Waals surface area contributed by atoms with Crippen molar-refractivity contribution in [3.8, 4) is 0 Å². The number of alkyl halides is 3. The van der Waals surface area contributed by atoms with Gasteiger partial charge in [0.15, 0.2) is 25.0 Å². The van der Waals surface area contributed by atoms with Crippen LogP contribution in [0.2, 0.25) is 57.5 Å². The Morgan fingerprint density at radius 1 is 0.562 bits per heavy atom. The Bertz CT molecular complexity index is 516. The summed E-state index contributed by atoms with van der Waals surface area (Å²) >= 11 is 11.7. The van der Waals surface area contributed by atoms with Gasteiger partial charge in [-0.1, -0.05) is 75.5 Å². The molecule has 0 aliphatic carbocycles. The summed E-state index contributed by atoms with van der Waals surface area (Å²) in [6, 6.07) is 0. The van der Waals surface area contributed by atoms with Gasteiger partial charge in [0, 0.05) is 18.5 Å². The van der Waals surface area contributed by atoms with Crippen LogP contribution in [0.3, 0.4) is 0 Å². The van der Waals surface area contributed by atoms with Crippen molar-refractivity contribution in [2.75, 3.05) is 0 Å². The predicted molar refractivity (Wildman–Crippen MR) is 163 cm³/mol. The van der Waals surface area contributed by atoms with Crippen molar-refractivity contribution in [1.82, 2.24) is 0 Å². The molecule has 32 heavy (non-hydrogen) atoms. The third-order valence-corrected chi connectivity index (χ3v) is 40.1.